The van der Waals surface area contributed by atoms with Gasteiger partial charge in [0.05, 0.1) is 11.9 Å². The van der Waals surface area contributed by atoms with Gasteiger partial charge in [-0.1, -0.05) is 23.7 Å². The summed E-state index contributed by atoms with van der Waals surface area (Å²) in [5, 5.41) is 20.6. The average Bonchev–Trinajstić information content (AvgIpc) is 3.00. The number of halogens is 1. The van der Waals surface area contributed by atoms with Gasteiger partial charge in [-0.2, -0.15) is 5.10 Å². The third kappa shape index (κ3) is 3.75. The standard InChI is InChI=1S/C18H16ClN3OS/c1-2-22-17(14-5-7-15(19)8-6-14)12-24-18(22)21-20-11-13-3-9-16(23)10-4-13/h3-12,23H,2H2,1H3/b20-11-,21-18-. The molecule has 0 amide bonds. The molecule has 3 aromatic rings. The van der Waals surface area contributed by atoms with Crippen molar-refractivity contribution in [2.75, 3.05) is 0 Å². The van der Waals surface area contributed by atoms with Gasteiger partial charge in [-0.15, -0.1) is 16.4 Å². The lowest BCUT2D eigenvalue weighted by Gasteiger charge is -2.05. The van der Waals surface area contributed by atoms with Crippen LogP contribution in [0.4, 0.5) is 0 Å². The molecule has 0 unspecified atom stereocenters. The monoisotopic (exact) mass is 357 g/mol. The van der Waals surface area contributed by atoms with E-state index in [1.165, 1.54) is 0 Å². The minimum atomic E-state index is 0.235. The molecule has 1 heterocycles. The van der Waals surface area contributed by atoms with Crippen molar-refractivity contribution < 1.29 is 5.11 Å². The number of aromatic hydroxyl groups is 1. The molecule has 0 radical (unpaired) electrons. The van der Waals surface area contributed by atoms with E-state index >= 15 is 0 Å². The summed E-state index contributed by atoms with van der Waals surface area (Å²) in [6, 6.07) is 14.6. The third-order valence-corrected chi connectivity index (χ3v) is 4.60. The number of nitrogens with zero attached hydrogens (tertiary/aromatic N) is 3. The molecule has 0 aliphatic rings. The van der Waals surface area contributed by atoms with Crippen LogP contribution < -0.4 is 4.80 Å². The summed E-state index contributed by atoms with van der Waals surface area (Å²) in [7, 11) is 0. The number of phenolic OH excluding ortho intramolecular Hbond substituents is 1. The van der Waals surface area contributed by atoms with Gasteiger partial charge in [0.15, 0.2) is 0 Å². The van der Waals surface area contributed by atoms with Crippen LogP contribution in [0.5, 0.6) is 5.75 Å². The van der Waals surface area contributed by atoms with Crippen molar-refractivity contribution in [3.05, 3.63) is 69.3 Å². The Hall–Kier alpha value is -2.37. The highest BCUT2D eigenvalue weighted by Gasteiger charge is 2.06. The third-order valence-electron chi connectivity index (χ3n) is 3.50. The number of rotatable bonds is 4. The van der Waals surface area contributed by atoms with Gasteiger partial charge < -0.3 is 9.67 Å². The van der Waals surface area contributed by atoms with E-state index in [4.69, 9.17) is 11.6 Å². The summed E-state index contributed by atoms with van der Waals surface area (Å²) >= 11 is 7.50. The first-order chi connectivity index (χ1) is 11.7. The zero-order valence-electron chi connectivity index (χ0n) is 13.1. The predicted octanol–water partition coefficient (Wildman–Crippen LogP) is 4.53. The smallest absolute Gasteiger partial charge is 0.211 e. The molecule has 1 N–H and O–H groups in total. The molecule has 0 spiro atoms. The Kier molecular flexibility index (Phi) is 5.13. The van der Waals surface area contributed by atoms with E-state index in [-0.39, 0.29) is 5.75 Å². The van der Waals surface area contributed by atoms with Crippen molar-refractivity contribution in [1.29, 1.82) is 0 Å². The van der Waals surface area contributed by atoms with Gasteiger partial charge in [0, 0.05) is 16.9 Å². The highest BCUT2D eigenvalue weighted by Crippen LogP contribution is 2.22. The van der Waals surface area contributed by atoms with Crippen LogP contribution in [-0.2, 0) is 6.54 Å². The fraction of sp³-hybridized carbons (Fsp3) is 0.111. The van der Waals surface area contributed by atoms with Gasteiger partial charge in [-0.25, -0.2) is 0 Å². The quantitative estimate of drug-likeness (QED) is 0.541. The number of aromatic nitrogens is 1. The summed E-state index contributed by atoms with van der Waals surface area (Å²) in [5.41, 5.74) is 3.08. The number of benzene rings is 2. The Balaban J connectivity index is 1.91. The van der Waals surface area contributed by atoms with Crippen molar-refractivity contribution in [2.24, 2.45) is 10.2 Å². The lowest BCUT2D eigenvalue weighted by atomic mass is 10.2. The first kappa shape index (κ1) is 16.5. The van der Waals surface area contributed by atoms with E-state index in [0.717, 1.165) is 33.2 Å². The molecule has 0 aliphatic carbocycles. The summed E-state index contributed by atoms with van der Waals surface area (Å²) in [6.07, 6.45) is 1.67. The van der Waals surface area contributed by atoms with E-state index in [1.54, 1.807) is 41.8 Å². The van der Waals surface area contributed by atoms with E-state index in [1.807, 2.05) is 24.3 Å². The summed E-state index contributed by atoms with van der Waals surface area (Å²) < 4.78 is 2.11. The first-order valence-corrected chi connectivity index (χ1v) is 8.73. The Labute approximate surface area is 149 Å². The van der Waals surface area contributed by atoms with E-state index in [0.29, 0.717) is 0 Å². The molecule has 3 rings (SSSR count). The summed E-state index contributed by atoms with van der Waals surface area (Å²) in [6.45, 7) is 2.88. The molecule has 0 bridgehead atoms. The maximum absolute atomic E-state index is 9.28. The van der Waals surface area contributed by atoms with Crippen molar-refractivity contribution in [2.45, 2.75) is 13.5 Å². The molecule has 6 heteroatoms. The second-order valence-electron chi connectivity index (χ2n) is 5.09. The number of hydrogen-bond acceptors (Lipinski definition) is 4. The minimum absolute atomic E-state index is 0.235. The molecule has 122 valence electrons. The van der Waals surface area contributed by atoms with Crippen LogP contribution in [0.1, 0.15) is 12.5 Å². The number of hydrogen-bond donors (Lipinski definition) is 1. The molecule has 0 fully saturated rings. The van der Waals surface area contributed by atoms with Crippen molar-refractivity contribution in [1.82, 2.24) is 4.57 Å². The van der Waals surface area contributed by atoms with E-state index < -0.39 is 0 Å². The van der Waals surface area contributed by atoms with Crippen LogP contribution in [0.15, 0.2) is 64.1 Å². The maximum atomic E-state index is 9.28. The van der Waals surface area contributed by atoms with Crippen molar-refractivity contribution in [3.63, 3.8) is 0 Å². The van der Waals surface area contributed by atoms with Crippen LogP contribution in [-0.4, -0.2) is 15.9 Å². The lowest BCUT2D eigenvalue weighted by Crippen LogP contribution is -2.14. The fourth-order valence-electron chi connectivity index (χ4n) is 2.27. The second kappa shape index (κ2) is 7.47. The SMILES string of the molecule is CCn1c(-c2ccc(Cl)cc2)cs/c1=N\N=C/c1ccc(O)cc1. The Morgan fingerprint density at radius 1 is 1.12 bits per heavy atom. The van der Waals surface area contributed by atoms with Gasteiger partial charge in [-0.05, 0) is 54.4 Å². The normalized spacial score (nSPS) is 12.2. The van der Waals surface area contributed by atoms with Crippen LogP contribution in [0, 0.1) is 0 Å². The highest BCUT2D eigenvalue weighted by molar-refractivity contribution is 7.07. The van der Waals surface area contributed by atoms with Crippen LogP contribution in [0.25, 0.3) is 11.3 Å². The van der Waals surface area contributed by atoms with Crippen LogP contribution in [0.3, 0.4) is 0 Å². The van der Waals surface area contributed by atoms with Gasteiger partial charge in [0.1, 0.15) is 5.75 Å². The average molecular weight is 358 g/mol. The van der Waals surface area contributed by atoms with Gasteiger partial charge >= 0.3 is 0 Å². The topological polar surface area (TPSA) is 49.9 Å². The molecule has 2 aromatic carbocycles. The molecule has 0 atom stereocenters. The Morgan fingerprint density at radius 2 is 1.83 bits per heavy atom. The predicted molar refractivity (Wildman–Crippen MR) is 99.7 cm³/mol. The molecule has 1 aromatic heterocycles. The lowest BCUT2D eigenvalue weighted by molar-refractivity contribution is 0.475. The number of thiazole rings is 1. The number of phenols is 1. The Bertz CT molecular complexity index is 909. The molecule has 0 aliphatic heterocycles. The zero-order valence-corrected chi connectivity index (χ0v) is 14.6. The van der Waals surface area contributed by atoms with Crippen LogP contribution >= 0.6 is 22.9 Å². The van der Waals surface area contributed by atoms with Gasteiger partial charge in [0.25, 0.3) is 0 Å². The highest BCUT2D eigenvalue weighted by atomic mass is 35.5. The van der Waals surface area contributed by atoms with Gasteiger partial charge in [0.2, 0.25) is 4.80 Å². The molecule has 24 heavy (non-hydrogen) atoms. The van der Waals surface area contributed by atoms with Crippen molar-refractivity contribution in [3.8, 4) is 17.0 Å². The molecular formula is C18H16ClN3OS. The van der Waals surface area contributed by atoms with Crippen molar-refractivity contribution >= 4 is 29.2 Å². The summed E-state index contributed by atoms with van der Waals surface area (Å²) in [4.78, 5) is 0.831. The molecule has 0 saturated carbocycles. The Morgan fingerprint density at radius 3 is 2.50 bits per heavy atom. The fourth-order valence-corrected chi connectivity index (χ4v) is 3.33. The largest absolute Gasteiger partial charge is 0.508 e. The summed E-state index contributed by atoms with van der Waals surface area (Å²) in [5.74, 6) is 0.235. The second-order valence-corrected chi connectivity index (χ2v) is 6.36. The zero-order chi connectivity index (χ0) is 16.9. The van der Waals surface area contributed by atoms with E-state index in [2.05, 4.69) is 27.1 Å². The van der Waals surface area contributed by atoms with E-state index in [9.17, 15) is 5.11 Å². The van der Waals surface area contributed by atoms with Gasteiger partial charge in [-0.3, -0.25) is 0 Å². The first-order valence-electron chi connectivity index (χ1n) is 7.47. The molecule has 4 nitrogen and oxygen atoms in total. The minimum Gasteiger partial charge on any atom is -0.508 e. The molecule has 0 saturated heterocycles. The maximum Gasteiger partial charge on any atom is 0.211 e. The van der Waals surface area contributed by atoms with Crippen LogP contribution in [0.2, 0.25) is 5.02 Å². The molecular weight excluding hydrogens is 342 g/mol.